The van der Waals surface area contributed by atoms with Gasteiger partial charge in [0.15, 0.2) is 0 Å². The molecule has 2 aromatic carbocycles. The van der Waals surface area contributed by atoms with Crippen LogP contribution in [0.4, 0.5) is 5.69 Å². The molecule has 0 aliphatic heterocycles. The Balaban J connectivity index is 1.52. The first-order valence-corrected chi connectivity index (χ1v) is 14.4. The molecule has 2 aliphatic rings. The molecule has 3 aromatic rings. The summed E-state index contributed by atoms with van der Waals surface area (Å²) in [6.07, 6.45) is 7.19. The molecule has 0 amide bonds. The quantitative estimate of drug-likeness (QED) is 0.359. The molecule has 2 aliphatic carbocycles. The second kappa shape index (κ2) is 10.1. The summed E-state index contributed by atoms with van der Waals surface area (Å²) in [4.78, 5) is 13.1. The molecule has 1 atom stereocenters. The lowest BCUT2D eigenvalue weighted by molar-refractivity contribution is 0.382. The molecule has 0 radical (unpaired) electrons. The highest BCUT2D eigenvalue weighted by Crippen LogP contribution is 2.49. The van der Waals surface area contributed by atoms with E-state index in [2.05, 4.69) is 4.72 Å². The van der Waals surface area contributed by atoms with Crippen LogP contribution in [0.1, 0.15) is 66.9 Å². The van der Waals surface area contributed by atoms with Crippen LogP contribution in [0.5, 0.6) is 5.75 Å². The summed E-state index contributed by atoms with van der Waals surface area (Å²) in [6, 6.07) is 11.1. The number of aryl methyl sites for hydroxylation is 1. The number of benzene rings is 2. The summed E-state index contributed by atoms with van der Waals surface area (Å²) in [7, 11) is -3.98. The van der Waals surface area contributed by atoms with Crippen LogP contribution in [-0.2, 0) is 22.9 Å². The van der Waals surface area contributed by atoms with Gasteiger partial charge in [0.1, 0.15) is 16.4 Å². The number of rotatable bonds is 6. The first-order valence-electron chi connectivity index (χ1n) is 12.2. The zero-order valence-electron chi connectivity index (χ0n) is 19.6. The standard InChI is InChI=1S/C27H27Cl2NO5S/c28-18-12-13-23(21(29)15-18)36(33,34)30-19-7-5-6-17(14-19)24(16-10-11-16)25-26(31)20-8-3-1-2-4-9-22(20)35-27(25)32/h5-7,12-16,24,30-31H,1-4,8-11H2. The number of halogens is 2. The molecule has 1 unspecified atom stereocenters. The Kier molecular flexibility index (Phi) is 7.07. The molecule has 6 nitrogen and oxygen atoms in total. The van der Waals surface area contributed by atoms with E-state index in [1.807, 2.05) is 6.07 Å². The first kappa shape index (κ1) is 25.2. The zero-order valence-corrected chi connectivity index (χ0v) is 21.9. The minimum Gasteiger partial charge on any atom is -0.507 e. The highest BCUT2D eigenvalue weighted by molar-refractivity contribution is 7.92. The van der Waals surface area contributed by atoms with Crippen LogP contribution in [0.25, 0.3) is 0 Å². The van der Waals surface area contributed by atoms with Crippen LogP contribution in [0.15, 0.2) is 56.6 Å². The average Bonchev–Trinajstić information content (AvgIpc) is 3.62. The van der Waals surface area contributed by atoms with E-state index in [1.54, 1.807) is 18.2 Å². The normalized spacial score (nSPS) is 17.1. The predicted molar refractivity (Wildman–Crippen MR) is 141 cm³/mol. The molecule has 1 saturated carbocycles. The van der Waals surface area contributed by atoms with E-state index in [9.17, 15) is 18.3 Å². The van der Waals surface area contributed by atoms with E-state index in [-0.39, 0.29) is 33.1 Å². The van der Waals surface area contributed by atoms with E-state index >= 15 is 0 Å². The van der Waals surface area contributed by atoms with Gasteiger partial charge in [-0.05, 0) is 73.9 Å². The van der Waals surface area contributed by atoms with Crippen molar-refractivity contribution in [1.29, 1.82) is 0 Å². The van der Waals surface area contributed by atoms with Crippen molar-refractivity contribution in [2.45, 2.75) is 62.2 Å². The van der Waals surface area contributed by atoms with Crippen molar-refractivity contribution in [1.82, 2.24) is 0 Å². The molecular weight excluding hydrogens is 521 g/mol. The topological polar surface area (TPSA) is 96.6 Å². The molecule has 0 bridgehead atoms. The minimum atomic E-state index is -3.98. The Morgan fingerprint density at radius 1 is 1.00 bits per heavy atom. The molecule has 36 heavy (non-hydrogen) atoms. The van der Waals surface area contributed by atoms with Gasteiger partial charge in [0.2, 0.25) is 0 Å². The van der Waals surface area contributed by atoms with Gasteiger partial charge in [-0.2, -0.15) is 0 Å². The largest absolute Gasteiger partial charge is 0.507 e. The summed E-state index contributed by atoms with van der Waals surface area (Å²) in [5, 5.41) is 11.7. The van der Waals surface area contributed by atoms with Crippen LogP contribution < -0.4 is 10.3 Å². The van der Waals surface area contributed by atoms with Crippen LogP contribution in [0, 0.1) is 5.92 Å². The fraction of sp³-hybridized carbons (Fsp3) is 0.370. The molecule has 0 spiro atoms. The lowest BCUT2D eigenvalue weighted by Gasteiger charge is -2.22. The van der Waals surface area contributed by atoms with Gasteiger partial charge in [0, 0.05) is 28.6 Å². The predicted octanol–water partition coefficient (Wildman–Crippen LogP) is 6.65. The van der Waals surface area contributed by atoms with Crippen molar-refractivity contribution < 1.29 is 17.9 Å². The van der Waals surface area contributed by atoms with Crippen LogP contribution >= 0.6 is 23.2 Å². The van der Waals surface area contributed by atoms with Gasteiger partial charge in [0.25, 0.3) is 10.0 Å². The second-order valence-electron chi connectivity index (χ2n) is 9.59. The smallest absolute Gasteiger partial charge is 0.343 e. The third-order valence-corrected chi connectivity index (χ3v) is 9.08. The number of anilines is 1. The van der Waals surface area contributed by atoms with Gasteiger partial charge in [-0.3, -0.25) is 4.72 Å². The van der Waals surface area contributed by atoms with Crippen molar-refractivity contribution in [2.75, 3.05) is 4.72 Å². The third-order valence-electron chi connectivity index (χ3n) is 6.98. The minimum absolute atomic E-state index is 0.0188. The Morgan fingerprint density at radius 3 is 2.47 bits per heavy atom. The van der Waals surface area contributed by atoms with Crippen LogP contribution in [0.3, 0.4) is 0 Å². The van der Waals surface area contributed by atoms with Gasteiger partial charge in [-0.25, -0.2) is 13.2 Å². The molecule has 1 fully saturated rings. The van der Waals surface area contributed by atoms with E-state index < -0.39 is 15.6 Å². The molecule has 1 heterocycles. The number of fused-ring (bicyclic) bond motifs is 1. The second-order valence-corrected chi connectivity index (χ2v) is 12.1. The molecule has 0 saturated heterocycles. The summed E-state index contributed by atoms with van der Waals surface area (Å²) in [6.45, 7) is 0. The number of aromatic hydroxyl groups is 1. The Labute approximate surface area is 220 Å². The van der Waals surface area contributed by atoms with Gasteiger partial charge >= 0.3 is 5.63 Å². The Morgan fingerprint density at radius 2 is 1.75 bits per heavy atom. The van der Waals surface area contributed by atoms with E-state index in [0.29, 0.717) is 29.3 Å². The molecule has 190 valence electrons. The van der Waals surface area contributed by atoms with E-state index in [1.165, 1.54) is 18.2 Å². The maximum atomic E-state index is 13.2. The summed E-state index contributed by atoms with van der Waals surface area (Å²) < 4.78 is 34.4. The van der Waals surface area contributed by atoms with Gasteiger partial charge in [-0.15, -0.1) is 0 Å². The lowest BCUT2D eigenvalue weighted by atomic mass is 9.85. The first-order chi connectivity index (χ1) is 17.2. The summed E-state index contributed by atoms with van der Waals surface area (Å²) >= 11 is 12.0. The van der Waals surface area contributed by atoms with Gasteiger partial charge < -0.3 is 9.52 Å². The molecule has 1 aromatic heterocycles. The van der Waals surface area contributed by atoms with E-state index in [0.717, 1.165) is 49.7 Å². The van der Waals surface area contributed by atoms with Gasteiger partial charge in [-0.1, -0.05) is 48.2 Å². The van der Waals surface area contributed by atoms with Crippen molar-refractivity contribution in [3.05, 3.63) is 85.4 Å². The Bertz CT molecular complexity index is 1460. The molecule has 9 heteroatoms. The zero-order chi connectivity index (χ0) is 25.4. The van der Waals surface area contributed by atoms with Crippen LogP contribution in [0.2, 0.25) is 10.0 Å². The van der Waals surface area contributed by atoms with Crippen molar-refractivity contribution in [2.24, 2.45) is 5.92 Å². The van der Waals surface area contributed by atoms with Crippen molar-refractivity contribution in [3.63, 3.8) is 0 Å². The fourth-order valence-electron chi connectivity index (χ4n) is 5.10. The molecule has 2 N–H and O–H groups in total. The maximum absolute atomic E-state index is 13.2. The number of hydrogen-bond donors (Lipinski definition) is 2. The average molecular weight is 548 g/mol. The molecular formula is C27H27Cl2NO5S. The highest BCUT2D eigenvalue weighted by Gasteiger charge is 2.38. The maximum Gasteiger partial charge on any atom is 0.343 e. The number of nitrogens with one attached hydrogen (secondary N) is 1. The summed E-state index contributed by atoms with van der Waals surface area (Å²) in [5.74, 6) is 0.416. The molecule has 5 rings (SSSR count). The number of sulfonamides is 1. The summed E-state index contributed by atoms with van der Waals surface area (Å²) in [5.41, 5.74) is 1.58. The van der Waals surface area contributed by atoms with E-state index in [4.69, 9.17) is 27.6 Å². The van der Waals surface area contributed by atoms with Crippen LogP contribution in [-0.4, -0.2) is 13.5 Å². The number of hydrogen-bond acceptors (Lipinski definition) is 5. The Hall–Kier alpha value is -2.48. The fourth-order valence-corrected chi connectivity index (χ4v) is 6.92. The highest BCUT2D eigenvalue weighted by atomic mass is 35.5. The van der Waals surface area contributed by atoms with Crippen molar-refractivity contribution in [3.8, 4) is 5.75 Å². The lowest BCUT2D eigenvalue weighted by Crippen LogP contribution is -2.19. The van der Waals surface area contributed by atoms with Crippen molar-refractivity contribution >= 4 is 38.9 Å². The third kappa shape index (κ3) is 5.15. The monoisotopic (exact) mass is 547 g/mol. The SMILES string of the molecule is O=c1oc2c(c(O)c1C(c1cccc(NS(=O)(=O)c3ccc(Cl)cc3Cl)c1)C1CC1)CCCCCC2. The van der Waals surface area contributed by atoms with Gasteiger partial charge in [0.05, 0.1) is 10.6 Å².